The molecule has 0 unspecified atom stereocenters. The number of carbonyl (C=O) groups excluding carboxylic acids is 10. The first-order valence-corrected chi connectivity index (χ1v) is 43.4. The van der Waals surface area contributed by atoms with Gasteiger partial charge in [-0.1, -0.05) is 259 Å². The van der Waals surface area contributed by atoms with Gasteiger partial charge in [-0.2, -0.15) is 0 Å². The van der Waals surface area contributed by atoms with E-state index in [2.05, 4.69) is 68.3 Å². The molecule has 672 valence electrons. The van der Waals surface area contributed by atoms with Crippen LogP contribution < -0.4 is 26.6 Å². The fourth-order valence-corrected chi connectivity index (χ4v) is 13.7. The van der Waals surface area contributed by atoms with E-state index in [1.807, 2.05) is 233 Å². The summed E-state index contributed by atoms with van der Waals surface area (Å²) in [5.74, 6) is 1.23. The highest BCUT2D eigenvalue weighted by atomic mass is 79.9. The van der Waals surface area contributed by atoms with Crippen LogP contribution in [0.5, 0.6) is 11.5 Å². The molecule has 27 nitrogen and oxygen atoms in total. The van der Waals surface area contributed by atoms with E-state index in [9.17, 15) is 58.2 Å². The number of phenols is 2. The maximum absolute atomic E-state index is 12.3. The number of halogens is 1. The van der Waals surface area contributed by atoms with Crippen molar-refractivity contribution in [3.63, 3.8) is 0 Å². The van der Waals surface area contributed by atoms with Crippen LogP contribution in [-0.2, 0) is 0 Å². The van der Waals surface area contributed by atoms with Gasteiger partial charge in [0.1, 0.15) is 11.5 Å². The maximum Gasteiger partial charge on any atom is 0.273 e. The van der Waals surface area contributed by atoms with Crippen molar-refractivity contribution in [3.8, 4) is 68.1 Å². The van der Waals surface area contributed by atoms with Crippen molar-refractivity contribution in [1.29, 1.82) is 0 Å². The molecule has 0 radical (unpaired) electrons. The van der Waals surface area contributed by atoms with E-state index in [-0.39, 0.29) is 105 Å². The Balaban J connectivity index is 0.000000159. The lowest BCUT2D eigenvalue weighted by molar-refractivity contribution is 0.0928. The average Bonchev–Trinajstić information content (AvgIpc) is 1.71. The number of benzene rings is 10. The monoisotopic (exact) mass is 1840 g/mol. The number of aromatic nitrogens is 5. The van der Waals surface area contributed by atoms with Gasteiger partial charge in [0.05, 0.1) is 5.56 Å². The minimum absolute atomic E-state index is 0.0225. The number of nitrogens with one attached hydrogen (secondary N) is 5. The van der Waals surface area contributed by atoms with E-state index in [0.29, 0.717) is 153 Å². The van der Waals surface area contributed by atoms with E-state index in [1.54, 1.807) is 73.7 Å². The van der Waals surface area contributed by atoms with Gasteiger partial charge < -0.3 is 59.4 Å². The molecule has 28 heteroatoms. The molecule has 5 aromatic heterocycles. The number of rotatable bonds is 35. The standard InChI is InChI=1S/C21H19BrN2O3.2C21H20N2O4.C21H20N2O3.C20H18N2O3/c1-14-10-16(12-17(22)11-14)19(25)8-5-9-23-21(26)18-13-20(27-24-18)15-6-3-2-4-7-15;1-14-12-16(9-10-18(14)24)19(25)8-5-11-22-21(26)17-13-20(27-23-17)15-6-3-2-4-7-15;1-14-9-10-19(25)16(12-14)18(24)8-5-11-22-21(26)17-13-20(27-23-17)15-6-3-2-4-7-15;1-15-7-5-10-17(13-15)19(24)11-6-12-22-21(25)18-14-20(26-23-18)16-8-3-2-4-9-16;23-18(15-8-3-1-4-9-15)12-7-13-21-20(24)17-14-19(25-22-17)16-10-5-2-6-11-16/h2-4,6-7,10-13H,5,8-9H2,1H3,(H,23,26);2-4,6-7,9-10,12-13,24H,5,8,11H2,1H3,(H,22,26);2-4,6-7,9-10,12-13,25H,5,8,11H2,1H3,(H,22,26);2-5,7-10,13-14H,6,11-12H2,1H3,(H,22,25);1-6,8-11,14H,7,12-13H2,(H,21,24). The van der Waals surface area contributed by atoms with Crippen molar-refractivity contribution >= 4 is 74.4 Å². The van der Waals surface area contributed by atoms with Crippen molar-refractivity contribution in [2.45, 2.75) is 91.9 Å². The predicted octanol–water partition coefficient (Wildman–Crippen LogP) is 20.1. The molecule has 5 amide bonds. The minimum Gasteiger partial charge on any atom is -0.508 e. The first kappa shape index (κ1) is 96.7. The van der Waals surface area contributed by atoms with Gasteiger partial charge in [0.2, 0.25) is 0 Å². The van der Waals surface area contributed by atoms with Crippen LogP contribution in [0.1, 0.15) is 191 Å². The van der Waals surface area contributed by atoms with Crippen LogP contribution in [-0.4, -0.2) is 127 Å². The van der Waals surface area contributed by atoms with E-state index < -0.39 is 0 Å². The third-order valence-corrected chi connectivity index (χ3v) is 20.6. The van der Waals surface area contributed by atoms with Gasteiger partial charge >= 0.3 is 0 Å². The Morgan fingerprint density at radius 2 is 0.545 bits per heavy atom. The zero-order chi connectivity index (χ0) is 93.5. The topological polar surface area (TPSA) is 401 Å². The molecule has 0 aliphatic rings. The lowest BCUT2D eigenvalue weighted by Gasteiger charge is -2.06. The number of hydrogen-bond donors (Lipinski definition) is 7. The fraction of sp³-hybridized carbons (Fsp3) is 0.183. The van der Waals surface area contributed by atoms with Gasteiger partial charge in [-0.15, -0.1) is 0 Å². The third-order valence-electron chi connectivity index (χ3n) is 20.1. The largest absolute Gasteiger partial charge is 0.508 e. The second-order valence-corrected chi connectivity index (χ2v) is 31.3. The summed E-state index contributed by atoms with van der Waals surface area (Å²) < 4.78 is 27.0. The first-order chi connectivity index (χ1) is 64.0. The van der Waals surface area contributed by atoms with Crippen LogP contribution in [0.2, 0.25) is 0 Å². The molecular weight excluding hydrogens is 1740 g/mol. The molecule has 0 saturated heterocycles. The van der Waals surface area contributed by atoms with Crippen molar-refractivity contribution in [2.75, 3.05) is 32.7 Å². The van der Waals surface area contributed by atoms with Crippen LogP contribution in [0.15, 0.2) is 318 Å². The summed E-state index contributed by atoms with van der Waals surface area (Å²) in [5.41, 5.74) is 12.0. The number of carbonyl (C=O) groups is 10. The molecule has 15 aromatic rings. The Hall–Kier alpha value is -16.0. The highest BCUT2D eigenvalue weighted by Gasteiger charge is 2.22. The molecule has 0 saturated carbocycles. The molecule has 0 bridgehead atoms. The molecule has 0 spiro atoms. The van der Waals surface area contributed by atoms with Gasteiger partial charge in [-0.3, -0.25) is 47.9 Å². The van der Waals surface area contributed by atoms with Crippen LogP contribution in [0.4, 0.5) is 0 Å². The van der Waals surface area contributed by atoms with E-state index in [0.717, 1.165) is 49.0 Å². The second kappa shape index (κ2) is 50.0. The number of phenolic OH excluding ortho intramolecular Hbond substituents is 2. The van der Waals surface area contributed by atoms with Gasteiger partial charge in [0.25, 0.3) is 29.5 Å². The Labute approximate surface area is 769 Å². The lowest BCUT2D eigenvalue weighted by Crippen LogP contribution is -2.25. The Morgan fingerprint density at radius 1 is 0.265 bits per heavy atom. The quantitative estimate of drug-likeness (QED) is 0.0143. The fourth-order valence-electron chi connectivity index (χ4n) is 13.1. The van der Waals surface area contributed by atoms with Crippen LogP contribution >= 0.6 is 15.9 Å². The Bertz CT molecular complexity index is 6350. The summed E-state index contributed by atoms with van der Waals surface area (Å²) in [6, 6.07) is 87.2. The minimum atomic E-state index is -0.355. The molecule has 7 N–H and O–H groups in total. The molecule has 5 heterocycles. The second-order valence-electron chi connectivity index (χ2n) is 30.4. The molecule has 0 aliphatic carbocycles. The normalized spacial score (nSPS) is 10.5. The Kier molecular flexibility index (Phi) is 36.6. The van der Waals surface area contributed by atoms with Crippen molar-refractivity contribution in [3.05, 3.63) is 374 Å². The summed E-state index contributed by atoms with van der Waals surface area (Å²) >= 11 is 3.40. The molecule has 132 heavy (non-hydrogen) atoms. The van der Waals surface area contributed by atoms with Gasteiger partial charge in [-0.05, 0) is 126 Å². The predicted molar refractivity (Wildman–Crippen MR) is 501 cm³/mol. The zero-order valence-corrected chi connectivity index (χ0v) is 74.5. The SMILES string of the molecule is Cc1cc(Br)cc(C(=O)CCCNC(=O)c2cc(-c3ccccc3)on2)c1.Cc1cc(C(=O)CCCNC(=O)c2cc(-c3ccccc3)on2)ccc1O.Cc1ccc(O)c(C(=O)CCCNC(=O)c2cc(-c3ccccc3)on2)c1.Cc1cccc(C(=O)CCCNC(=O)c2cc(-c3ccccc3)on2)c1.O=C(CCCNC(=O)c1cc(-c2ccccc2)on1)c1ccccc1. The number of Topliss-reactive ketones (excluding diaryl/α,β-unsaturated/α-hetero) is 5. The number of hydrogen-bond acceptors (Lipinski definition) is 22. The van der Waals surface area contributed by atoms with Crippen molar-refractivity contribution < 1.29 is 80.8 Å². The number of amides is 5. The van der Waals surface area contributed by atoms with E-state index in [1.165, 1.54) is 12.1 Å². The van der Waals surface area contributed by atoms with Crippen LogP contribution in [0, 0.1) is 27.7 Å². The van der Waals surface area contributed by atoms with Gasteiger partial charge in [0, 0.05) is 150 Å². The summed E-state index contributed by atoms with van der Waals surface area (Å²) in [4.78, 5) is 121. The lowest BCUT2D eigenvalue weighted by atomic mass is 10.0. The molecule has 15 rings (SSSR count). The molecular formula is C104H97BrN10O17. The van der Waals surface area contributed by atoms with Crippen LogP contribution in [0.3, 0.4) is 0 Å². The van der Waals surface area contributed by atoms with Gasteiger partial charge in [0.15, 0.2) is 86.2 Å². The molecule has 10 aromatic carbocycles. The summed E-state index contributed by atoms with van der Waals surface area (Å²) in [6.07, 6.45) is 4.34. The van der Waals surface area contributed by atoms with E-state index in [4.69, 9.17) is 22.6 Å². The summed E-state index contributed by atoms with van der Waals surface area (Å²) in [5, 5.41) is 52.1. The molecule has 0 aliphatic heterocycles. The smallest absolute Gasteiger partial charge is 0.273 e. The Morgan fingerprint density at radius 3 is 0.871 bits per heavy atom. The number of ketones is 5. The maximum atomic E-state index is 12.3. The number of aromatic hydroxyl groups is 2. The van der Waals surface area contributed by atoms with Crippen molar-refractivity contribution in [1.82, 2.24) is 52.4 Å². The number of nitrogens with zero attached hydrogens (tertiary/aromatic N) is 5. The van der Waals surface area contributed by atoms with Crippen molar-refractivity contribution in [2.24, 2.45) is 0 Å². The summed E-state index contributed by atoms with van der Waals surface area (Å²) in [7, 11) is 0. The van der Waals surface area contributed by atoms with E-state index >= 15 is 0 Å². The highest BCUT2D eigenvalue weighted by Crippen LogP contribution is 2.28. The number of aryl methyl sites for hydroxylation is 4. The highest BCUT2D eigenvalue weighted by molar-refractivity contribution is 9.10. The molecule has 0 atom stereocenters. The first-order valence-electron chi connectivity index (χ1n) is 42.6. The zero-order valence-electron chi connectivity index (χ0n) is 73.0. The van der Waals surface area contributed by atoms with Crippen LogP contribution in [0.25, 0.3) is 56.6 Å². The molecule has 0 fully saturated rings. The summed E-state index contributed by atoms with van der Waals surface area (Å²) in [6.45, 7) is 9.40. The average molecular weight is 1840 g/mol. The third kappa shape index (κ3) is 30.1. The van der Waals surface area contributed by atoms with Gasteiger partial charge in [-0.25, -0.2) is 0 Å².